The standard InChI is InChI=1S/C14H21NO2/c1-4-15-9-10-7-12(10)13-8-11(16-2)5-6-14(13)17-3/h5-6,8,10,12,15H,4,7,9H2,1-3H3. The molecule has 2 atom stereocenters. The summed E-state index contributed by atoms with van der Waals surface area (Å²) in [7, 11) is 3.43. The van der Waals surface area contributed by atoms with Crippen LogP contribution in [0.5, 0.6) is 11.5 Å². The van der Waals surface area contributed by atoms with E-state index in [-0.39, 0.29) is 0 Å². The molecule has 1 aliphatic carbocycles. The maximum absolute atomic E-state index is 5.42. The van der Waals surface area contributed by atoms with Crippen molar-refractivity contribution in [3.63, 3.8) is 0 Å². The first-order valence-electron chi connectivity index (χ1n) is 6.22. The van der Waals surface area contributed by atoms with Gasteiger partial charge in [0.05, 0.1) is 14.2 Å². The van der Waals surface area contributed by atoms with Crippen LogP contribution in [-0.4, -0.2) is 27.3 Å². The van der Waals surface area contributed by atoms with Gasteiger partial charge in [-0.3, -0.25) is 0 Å². The smallest absolute Gasteiger partial charge is 0.122 e. The molecule has 1 saturated carbocycles. The van der Waals surface area contributed by atoms with Crippen LogP contribution in [0.25, 0.3) is 0 Å². The molecule has 0 aromatic heterocycles. The molecule has 2 rings (SSSR count). The largest absolute Gasteiger partial charge is 0.497 e. The van der Waals surface area contributed by atoms with Crippen LogP contribution in [0, 0.1) is 5.92 Å². The van der Waals surface area contributed by atoms with Gasteiger partial charge >= 0.3 is 0 Å². The molecule has 1 aromatic rings. The van der Waals surface area contributed by atoms with Gasteiger partial charge in [0, 0.05) is 5.56 Å². The molecule has 2 unspecified atom stereocenters. The number of nitrogens with one attached hydrogen (secondary N) is 1. The summed E-state index contributed by atoms with van der Waals surface area (Å²) in [6.07, 6.45) is 1.25. The zero-order valence-electron chi connectivity index (χ0n) is 10.8. The van der Waals surface area contributed by atoms with Gasteiger partial charge < -0.3 is 14.8 Å². The van der Waals surface area contributed by atoms with E-state index in [0.29, 0.717) is 5.92 Å². The molecule has 0 saturated heterocycles. The van der Waals surface area contributed by atoms with Crippen LogP contribution in [0.4, 0.5) is 0 Å². The molecule has 0 radical (unpaired) electrons. The molecule has 1 aromatic carbocycles. The summed E-state index contributed by atoms with van der Waals surface area (Å²) < 4.78 is 10.7. The van der Waals surface area contributed by atoms with Crippen LogP contribution < -0.4 is 14.8 Å². The third-order valence-electron chi connectivity index (χ3n) is 3.42. The fourth-order valence-corrected chi connectivity index (χ4v) is 2.31. The summed E-state index contributed by atoms with van der Waals surface area (Å²) in [5.74, 6) is 3.26. The molecule has 17 heavy (non-hydrogen) atoms. The molecule has 3 heteroatoms. The van der Waals surface area contributed by atoms with E-state index in [1.54, 1.807) is 14.2 Å². The Morgan fingerprint density at radius 2 is 2.12 bits per heavy atom. The Kier molecular flexibility index (Phi) is 3.89. The Morgan fingerprint density at radius 3 is 2.76 bits per heavy atom. The van der Waals surface area contributed by atoms with E-state index in [9.17, 15) is 0 Å². The quantitative estimate of drug-likeness (QED) is 0.821. The van der Waals surface area contributed by atoms with E-state index in [4.69, 9.17) is 9.47 Å². The molecule has 94 valence electrons. The lowest BCUT2D eigenvalue weighted by atomic mass is 10.1. The van der Waals surface area contributed by atoms with Crippen LogP contribution in [0.15, 0.2) is 18.2 Å². The van der Waals surface area contributed by atoms with Crippen molar-refractivity contribution in [1.29, 1.82) is 0 Å². The first kappa shape index (κ1) is 12.2. The van der Waals surface area contributed by atoms with Gasteiger partial charge in [-0.05, 0) is 49.5 Å². The summed E-state index contributed by atoms with van der Waals surface area (Å²) in [6.45, 7) is 4.28. The summed E-state index contributed by atoms with van der Waals surface area (Å²) in [6, 6.07) is 6.05. The van der Waals surface area contributed by atoms with Gasteiger partial charge in [0.2, 0.25) is 0 Å². The van der Waals surface area contributed by atoms with E-state index in [2.05, 4.69) is 18.3 Å². The van der Waals surface area contributed by atoms with Crippen LogP contribution in [-0.2, 0) is 0 Å². The highest BCUT2D eigenvalue weighted by Gasteiger charge is 2.39. The molecule has 0 spiro atoms. The maximum Gasteiger partial charge on any atom is 0.122 e. The summed E-state index contributed by atoms with van der Waals surface area (Å²) in [5, 5.41) is 3.40. The van der Waals surface area contributed by atoms with Crippen LogP contribution in [0.1, 0.15) is 24.8 Å². The lowest BCUT2D eigenvalue weighted by molar-refractivity contribution is 0.398. The summed E-state index contributed by atoms with van der Waals surface area (Å²) >= 11 is 0. The number of benzene rings is 1. The predicted octanol–water partition coefficient (Wildman–Crippen LogP) is 2.42. The molecule has 0 aliphatic heterocycles. The van der Waals surface area contributed by atoms with E-state index in [1.807, 2.05) is 12.1 Å². The lowest BCUT2D eigenvalue weighted by Gasteiger charge is -2.10. The Labute approximate surface area is 103 Å². The Balaban J connectivity index is 2.09. The molecular weight excluding hydrogens is 214 g/mol. The van der Waals surface area contributed by atoms with Gasteiger partial charge in [0.1, 0.15) is 11.5 Å². The molecule has 0 amide bonds. The second-order valence-electron chi connectivity index (χ2n) is 4.52. The van der Waals surface area contributed by atoms with Gasteiger partial charge in [-0.25, -0.2) is 0 Å². The van der Waals surface area contributed by atoms with Crippen LogP contribution in [0.2, 0.25) is 0 Å². The minimum absolute atomic E-state index is 0.624. The van der Waals surface area contributed by atoms with Crippen molar-refractivity contribution in [2.45, 2.75) is 19.3 Å². The number of hydrogen-bond acceptors (Lipinski definition) is 3. The average Bonchev–Trinajstić information content (AvgIpc) is 3.15. The summed E-state index contributed by atoms with van der Waals surface area (Å²) in [5.41, 5.74) is 1.29. The Hall–Kier alpha value is -1.22. The van der Waals surface area contributed by atoms with E-state index in [0.717, 1.165) is 30.5 Å². The number of hydrogen-bond donors (Lipinski definition) is 1. The molecule has 1 aliphatic rings. The first-order valence-corrected chi connectivity index (χ1v) is 6.22. The zero-order chi connectivity index (χ0) is 12.3. The van der Waals surface area contributed by atoms with Gasteiger partial charge in [0.25, 0.3) is 0 Å². The van der Waals surface area contributed by atoms with Crippen molar-refractivity contribution in [2.75, 3.05) is 27.3 Å². The van der Waals surface area contributed by atoms with Crippen molar-refractivity contribution in [3.8, 4) is 11.5 Å². The van der Waals surface area contributed by atoms with Crippen molar-refractivity contribution in [2.24, 2.45) is 5.92 Å². The van der Waals surface area contributed by atoms with Gasteiger partial charge in [-0.2, -0.15) is 0 Å². The van der Waals surface area contributed by atoms with E-state index < -0.39 is 0 Å². The van der Waals surface area contributed by atoms with Crippen LogP contribution >= 0.6 is 0 Å². The second kappa shape index (κ2) is 5.41. The molecule has 3 nitrogen and oxygen atoms in total. The minimum Gasteiger partial charge on any atom is -0.497 e. The molecular formula is C14H21NO2. The third-order valence-corrected chi connectivity index (χ3v) is 3.42. The maximum atomic E-state index is 5.42. The van der Waals surface area contributed by atoms with Gasteiger partial charge in [0.15, 0.2) is 0 Å². The van der Waals surface area contributed by atoms with E-state index in [1.165, 1.54) is 12.0 Å². The summed E-state index contributed by atoms with van der Waals surface area (Å²) in [4.78, 5) is 0. The number of methoxy groups -OCH3 is 2. The highest BCUT2D eigenvalue weighted by atomic mass is 16.5. The molecule has 1 fully saturated rings. The normalized spacial score (nSPS) is 22.3. The fraction of sp³-hybridized carbons (Fsp3) is 0.571. The number of ether oxygens (including phenoxy) is 2. The highest BCUT2D eigenvalue weighted by molar-refractivity contribution is 5.45. The van der Waals surface area contributed by atoms with Crippen molar-refractivity contribution < 1.29 is 9.47 Å². The Bertz CT molecular complexity index is 378. The van der Waals surface area contributed by atoms with Gasteiger partial charge in [-0.15, -0.1) is 0 Å². The van der Waals surface area contributed by atoms with Gasteiger partial charge in [-0.1, -0.05) is 6.92 Å². The van der Waals surface area contributed by atoms with Crippen molar-refractivity contribution in [3.05, 3.63) is 23.8 Å². The number of rotatable bonds is 6. The lowest BCUT2D eigenvalue weighted by Crippen LogP contribution is -2.16. The monoisotopic (exact) mass is 235 g/mol. The van der Waals surface area contributed by atoms with E-state index >= 15 is 0 Å². The predicted molar refractivity (Wildman–Crippen MR) is 68.9 cm³/mol. The highest BCUT2D eigenvalue weighted by Crippen LogP contribution is 2.50. The average molecular weight is 235 g/mol. The molecule has 0 bridgehead atoms. The second-order valence-corrected chi connectivity index (χ2v) is 4.52. The first-order chi connectivity index (χ1) is 8.30. The Morgan fingerprint density at radius 1 is 1.29 bits per heavy atom. The SMILES string of the molecule is CCNCC1CC1c1cc(OC)ccc1OC. The molecule has 1 N–H and O–H groups in total. The zero-order valence-corrected chi connectivity index (χ0v) is 10.8. The molecule has 0 heterocycles. The topological polar surface area (TPSA) is 30.5 Å². The van der Waals surface area contributed by atoms with Crippen LogP contribution in [0.3, 0.4) is 0 Å². The minimum atomic E-state index is 0.624. The van der Waals surface area contributed by atoms with Crippen molar-refractivity contribution >= 4 is 0 Å². The fourth-order valence-electron chi connectivity index (χ4n) is 2.31. The van der Waals surface area contributed by atoms with Crippen molar-refractivity contribution in [1.82, 2.24) is 5.32 Å². The third kappa shape index (κ3) is 2.72.